The van der Waals surface area contributed by atoms with Crippen LogP contribution in [0.15, 0.2) is 30.3 Å². The van der Waals surface area contributed by atoms with Crippen LogP contribution in [0.1, 0.15) is 44.6 Å². The van der Waals surface area contributed by atoms with Gasteiger partial charge in [0.05, 0.1) is 24.8 Å². The summed E-state index contributed by atoms with van der Waals surface area (Å²) in [7, 11) is 3.13. The Labute approximate surface area is 209 Å². The summed E-state index contributed by atoms with van der Waals surface area (Å²) in [6.45, 7) is 8.27. The minimum atomic E-state index is -3.52. The number of nitrogen functional groups attached to an aromatic ring is 1. The van der Waals surface area contributed by atoms with Gasteiger partial charge in [0.15, 0.2) is 11.5 Å². The molecule has 0 saturated carbocycles. The fourth-order valence-corrected chi connectivity index (χ4v) is 3.77. The molecule has 0 aliphatic rings. The van der Waals surface area contributed by atoms with Gasteiger partial charge in [0.2, 0.25) is 0 Å². The maximum absolute atomic E-state index is 15.0. The van der Waals surface area contributed by atoms with E-state index in [0.29, 0.717) is 52.8 Å². The molecule has 0 aliphatic heterocycles. The Balaban J connectivity index is 2.08. The van der Waals surface area contributed by atoms with E-state index in [9.17, 15) is 13.9 Å². The predicted molar refractivity (Wildman–Crippen MR) is 136 cm³/mol. The molecule has 0 unspecified atom stereocenters. The molecule has 0 saturated heterocycles. The number of alkyl halides is 2. The molecule has 0 spiro atoms. The van der Waals surface area contributed by atoms with Gasteiger partial charge in [0.25, 0.3) is 0 Å². The van der Waals surface area contributed by atoms with Crippen LogP contribution in [0.3, 0.4) is 0 Å². The van der Waals surface area contributed by atoms with Crippen LogP contribution in [0.25, 0.3) is 10.9 Å². The predicted octanol–water partition coefficient (Wildman–Crippen LogP) is 4.76. The van der Waals surface area contributed by atoms with Crippen molar-refractivity contribution in [1.29, 1.82) is 0 Å². The van der Waals surface area contributed by atoms with Gasteiger partial charge in [-0.3, -0.25) is 0 Å². The second kappa shape index (κ2) is 10.0. The van der Waals surface area contributed by atoms with E-state index in [0.717, 1.165) is 13.8 Å². The van der Waals surface area contributed by atoms with Crippen LogP contribution < -0.4 is 20.5 Å². The van der Waals surface area contributed by atoms with E-state index in [2.05, 4.69) is 15.3 Å². The van der Waals surface area contributed by atoms with Crippen LogP contribution >= 0.6 is 0 Å². The summed E-state index contributed by atoms with van der Waals surface area (Å²) in [5, 5.41) is 14.1. The van der Waals surface area contributed by atoms with Gasteiger partial charge in [0, 0.05) is 29.8 Å². The molecule has 1 heterocycles. The fourth-order valence-electron chi connectivity index (χ4n) is 3.77. The summed E-state index contributed by atoms with van der Waals surface area (Å²) in [6, 6.07) is 7.68. The molecule has 3 aromatic rings. The third-order valence-corrected chi connectivity index (χ3v) is 5.88. The fraction of sp³-hybridized carbons (Fsp3) is 0.462. The van der Waals surface area contributed by atoms with E-state index < -0.39 is 17.1 Å². The van der Waals surface area contributed by atoms with Crippen molar-refractivity contribution in [3.63, 3.8) is 0 Å². The van der Waals surface area contributed by atoms with Crippen LogP contribution in [-0.2, 0) is 16.2 Å². The van der Waals surface area contributed by atoms with Crippen molar-refractivity contribution < 1.29 is 28.1 Å². The molecule has 0 amide bonds. The first-order valence-electron chi connectivity index (χ1n) is 11.5. The first kappa shape index (κ1) is 27.3. The molecule has 0 bridgehead atoms. The molecule has 8 nitrogen and oxygen atoms in total. The summed E-state index contributed by atoms with van der Waals surface area (Å²) >= 11 is 0. The number of aryl methyl sites for hydroxylation is 1. The molecule has 4 N–H and O–H groups in total. The number of ether oxygens (including phenoxy) is 3. The number of benzene rings is 2. The van der Waals surface area contributed by atoms with E-state index in [-0.39, 0.29) is 11.3 Å². The van der Waals surface area contributed by atoms with E-state index in [1.54, 1.807) is 39.3 Å². The van der Waals surface area contributed by atoms with Gasteiger partial charge < -0.3 is 30.4 Å². The largest absolute Gasteiger partial charge is 0.493 e. The topological polar surface area (TPSA) is 112 Å². The minimum Gasteiger partial charge on any atom is -0.493 e. The van der Waals surface area contributed by atoms with Gasteiger partial charge in [-0.05, 0) is 64.4 Å². The highest BCUT2D eigenvalue weighted by Gasteiger charge is 2.47. The highest BCUT2D eigenvalue weighted by molar-refractivity contribution is 5.92. The average Bonchev–Trinajstić information content (AvgIpc) is 2.77. The molecule has 0 fully saturated rings. The molecule has 2 aromatic carbocycles. The van der Waals surface area contributed by atoms with E-state index >= 15 is 0 Å². The molecule has 0 radical (unpaired) electrons. The van der Waals surface area contributed by atoms with Gasteiger partial charge in [-0.1, -0.05) is 0 Å². The smallest absolute Gasteiger partial charge is 0.300 e. The van der Waals surface area contributed by atoms with Gasteiger partial charge in [-0.25, -0.2) is 9.97 Å². The number of rotatable bonds is 10. The summed E-state index contributed by atoms with van der Waals surface area (Å²) in [6.07, 6.45) is 0. The number of nitrogens with two attached hydrogens (primary N) is 1. The molecule has 0 atom stereocenters. The van der Waals surface area contributed by atoms with Crippen LogP contribution in [0.2, 0.25) is 0 Å². The molecule has 0 aliphatic carbocycles. The minimum absolute atomic E-state index is 0.156. The van der Waals surface area contributed by atoms with E-state index in [4.69, 9.17) is 19.9 Å². The Hall–Kier alpha value is -3.24. The molecule has 10 heteroatoms. The number of methoxy groups -OCH3 is 2. The normalized spacial score (nSPS) is 12.6. The number of aliphatic hydroxyl groups is 1. The van der Waals surface area contributed by atoms with Crippen molar-refractivity contribution in [3.05, 3.63) is 47.3 Å². The van der Waals surface area contributed by atoms with E-state index in [1.807, 2.05) is 13.8 Å². The Morgan fingerprint density at radius 1 is 0.944 bits per heavy atom. The highest BCUT2D eigenvalue weighted by atomic mass is 19.3. The van der Waals surface area contributed by atoms with Gasteiger partial charge in [-0.15, -0.1) is 0 Å². The van der Waals surface area contributed by atoms with Crippen LogP contribution in [0, 0.1) is 6.92 Å². The summed E-state index contributed by atoms with van der Waals surface area (Å²) in [4.78, 5) is 9.09. The third-order valence-electron chi connectivity index (χ3n) is 5.88. The first-order chi connectivity index (χ1) is 16.7. The lowest BCUT2D eigenvalue weighted by atomic mass is 9.87. The maximum Gasteiger partial charge on any atom is 0.300 e. The number of halogens is 2. The molecule has 1 aromatic heterocycles. The quantitative estimate of drug-likeness (QED) is 0.268. The van der Waals surface area contributed by atoms with Gasteiger partial charge in [0.1, 0.15) is 23.9 Å². The van der Waals surface area contributed by atoms with Gasteiger partial charge >= 0.3 is 5.92 Å². The summed E-state index contributed by atoms with van der Waals surface area (Å²) in [5.74, 6) is -1.52. The molecule has 196 valence electrons. The standard InChI is InChI=1S/C26H34F2N4O4/c1-15-30-20-14-21(35-7)22(36-9-8-34-6)13-19(20)23(31-15)32-24(2,3)16-10-17(12-18(29)11-16)26(27,28)25(4,5)33/h10-14,33H,8-9,29H2,1-7H3,(H,30,31,32). The number of hydrogen-bond acceptors (Lipinski definition) is 8. The Morgan fingerprint density at radius 3 is 2.22 bits per heavy atom. The lowest BCUT2D eigenvalue weighted by Crippen LogP contribution is -2.40. The van der Waals surface area contributed by atoms with Crippen molar-refractivity contribution in [2.75, 3.05) is 38.5 Å². The Bertz CT molecular complexity index is 1240. The van der Waals surface area contributed by atoms with Crippen LogP contribution in [-0.4, -0.2) is 48.1 Å². The number of hydrogen-bond donors (Lipinski definition) is 3. The second-order valence-electron chi connectivity index (χ2n) is 9.71. The lowest BCUT2D eigenvalue weighted by molar-refractivity contribution is -0.168. The first-order valence-corrected chi connectivity index (χ1v) is 11.5. The molecular formula is C26H34F2N4O4. The number of nitrogens with zero attached hydrogens (tertiary/aromatic N) is 2. The Morgan fingerprint density at radius 2 is 1.61 bits per heavy atom. The zero-order valence-electron chi connectivity index (χ0n) is 21.7. The third kappa shape index (κ3) is 5.60. The Kier molecular flexibility index (Phi) is 7.61. The number of anilines is 2. The SMILES string of the molecule is COCCOc1cc2c(NC(C)(C)c3cc(N)cc(C(F)(F)C(C)(C)O)c3)nc(C)nc2cc1OC. The summed E-state index contributed by atoms with van der Waals surface area (Å²) in [5.41, 5.74) is 3.75. The van der Waals surface area contributed by atoms with Crippen LogP contribution in [0.4, 0.5) is 20.3 Å². The van der Waals surface area contributed by atoms with Gasteiger partial charge in [-0.2, -0.15) is 8.78 Å². The molecule has 36 heavy (non-hydrogen) atoms. The van der Waals surface area contributed by atoms with Crippen molar-refractivity contribution in [2.24, 2.45) is 0 Å². The number of nitrogens with one attached hydrogen (secondary N) is 1. The number of aromatic nitrogens is 2. The van der Waals surface area contributed by atoms with Crippen molar-refractivity contribution in [3.8, 4) is 11.5 Å². The van der Waals surface area contributed by atoms with E-state index in [1.165, 1.54) is 12.1 Å². The maximum atomic E-state index is 15.0. The second-order valence-corrected chi connectivity index (χ2v) is 9.71. The number of fused-ring (bicyclic) bond motifs is 1. The monoisotopic (exact) mass is 504 g/mol. The van der Waals surface area contributed by atoms with Crippen molar-refractivity contribution in [1.82, 2.24) is 9.97 Å². The highest BCUT2D eigenvalue weighted by Crippen LogP contribution is 2.42. The molecular weight excluding hydrogens is 470 g/mol. The van der Waals surface area contributed by atoms with Crippen LogP contribution in [0.5, 0.6) is 11.5 Å². The zero-order valence-corrected chi connectivity index (χ0v) is 21.7. The van der Waals surface area contributed by atoms with Crippen molar-refractivity contribution in [2.45, 2.75) is 51.7 Å². The van der Waals surface area contributed by atoms with Crippen molar-refractivity contribution >= 4 is 22.4 Å². The summed E-state index contributed by atoms with van der Waals surface area (Å²) < 4.78 is 46.3. The lowest BCUT2D eigenvalue weighted by Gasteiger charge is -2.32. The average molecular weight is 505 g/mol. The molecule has 3 rings (SSSR count). The zero-order chi connectivity index (χ0) is 26.9.